The molecule has 1 aromatic heterocycles. The molecule has 0 saturated heterocycles. The molecule has 1 aromatic rings. The van der Waals surface area contributed by atoms with Crippen molar-refractivity contribution in [2.45, 2.75) is 40.5 Å². The topological polar surface area (TPSA) is 42.1 Å². The van der Waals surface area contributed by atoms with Crippen LogP contribution < -0.4 is 10.6 Å². The normalized spacial score (nSPS) is 11.3. The summed E-state index contributed by atoms with van der Waals surface area (Å²) in [5, 5.41) is 0. The first-order valence-electron chi connectivity index (χ1n) is 7.05. The quantitative estimate of drug-likeness (QED) is 0.810. The molecule has 2 N–H and O–H groups in total. The number of hydrogen-bond acceptors (Lipinski definition) is 3. The maximum Gasteiger partial charge on any atom is 0.0776 e. The van der Waals surface area contributed by atoms with Crippen LogP contribution in [0.4, 0.5) is 11.4 Å². The summed E-state index contributed by atoms with van der Waals surface area (Å²) in [7, 11) is 0. The van der Waals surface area contributed by atoms with Crippen LogP contribution in [0.5, 0.6) is 0 Å². The van der Waals surface area contributed by atoms with Gasteiger partial charge in [-0.05, 0) is 40.6 Å². The number of hydrogen-bond donors (Lipinski definition) is 1. The predicted octanol–water partition coefficient (Wildman–Crippen LogP) is 4.32. The first kappa shape index (κ1) is 16.3. The zero-order valence-corrected chi connectivity index (χ0v) is 14.1. The monoisotopic (exact) mass is 327 g/mol. The van der Waals surface area contributed by atoms with Gasteiger partial charge in [0, 0.05) is 19.3 Å². The van der Waals surface area contributed by atoms with Crippen LogP contribution in [0, 0.1) is 11.8 Å². The lowest BCUT2D eigenvalue weighted by Crippen LogP contribution is -2.28. The zero-order valence-electron chi connectivity index (χ0n) is 12.5. The smallest absolute Gasteiger partial charge is 0.0776 e. The molecule has 0 aliphatic heterocycles. The first-order valence-corrected chi connectivity index (χ1v) is 7.85. The summed E-state index contributed by atoms with van der Waals surface area (Å²) in [5.74, 6) is 1.40. The highest BCUT2D eigenvalue weighted by Gasteiger charge is 2.14. The SMILES string of the molecule is CC(C)CCN(CCC(C)C)c1c(N)cncc1Br. The lowest BCUT2D eigenvalue weighted by molar-refractivity contribution is 0.535. The summed E-state index contributed by atoms with van der Waals surface area (Å²) in [4.78, 5) is 6.51. The van der Waals surface area contributed by atoms with Crippen LogP contribution in [0.25, 0.3) is 0 Å². The Morgan fingerprint density at radius 3 is 2.05 bits per heavy atom. The molecule has 0 atom stereocenters. The molecular formula is C15H26BrN3. The van der Waals surface area contributed by atoms with Gasteiger partial charge in [-0.25, -0.2) is 0 Å². The minimum Gasteiger partial charge on any atom is -0.396 e. The van der Waals surface area contributed by atoms with Gasteiger partial charge in [0.1, 0.15) is 0 Å². The zero-order chi connectivity index (χ0) is 14.4. The van der Waals surface area contributed by atoms with Gasteiger partial charge < -0.3 is 10.6 Å². The van der Waals surface area contributed by atoms with Crippen molar-refractivity contribution in [2.24, 2.45) is 11.8 Å². The van der Waals surface area contributed by atoms with Crippen molar-refractivity contribution in [2.75, 3.05) is 23.7 Å². The summed E-state index contributed by atoms with van der Waals surface area (Å²) >= 11 is 3.58. The summed E-state index contributed by atoms with van der Waals surface area (Å²) in [6, 6.07) is 0. The maximum atomic E-state index is 6.10. The molecule has 0 spiro atoms. The third-order valence-corrected chi connectivity index (χ3v) is 3.75. The van der Waals surface area contributed by atoms with Crippen LogP contribution in [0.1, 0.15) is 40.5 Å². The van der Waals surface area contributed by atoms with E-state index in [-0.39, 0.29) is 0 Å². The average molecular weight is 328 g/mol. The van der Waals surface area contributed by atoms with Gasteiger partial charge in [0.05, 0.1) is 22.0 Å². The molecule has 0 unspecified atom stereocenters. The molecule has 3 nitrogen and oxygen atoms in total. The van der Waals surface area contributed by atoms with Crippen molar-refractivity contribution < 1.29 is 0 Å². The lowest BCUT2D eigenvalue weighted by atomic mass is 10.1. The predicted molar refractivity (Wildman–Crippen MR) is 87.5 cm³/mol. The van der Waals surface area contributed by atoms with Crippen molar-refractivity contribution in [1.29, 1.82) is 0 Å². The maximum absolute atomic E-state index is 6.10. The Morgan fingerprint density at radius 1 is 1.11 bits per heavy atom. The lowest BCUT2D eigenvalue weighted by Gasteiger charge is -2.28. The van der Waals surface area contributed by atoms with Crippen LogP contribution in [0.15, 0.2) is 16.9 Å². The van der Waals surface area contributed by atoms with Gasteiger partial charge in [0.25, 0.3) is 0 Å². The Balaban J connectivity index is 2.87. The highest BCUT2D eigenvalue weighted by Crippen LogP contribution is 2.32. The Hall–Kier alpha value is -0.770. The van der Waals surface area contributed by atoms with Crippen LogP contribution in [0.3, 0.4) is 0 Å². The molecule has 0 amide bonds. The van der Waals surface area contributed by atoms with Crippen molar-refractivity contribution in [3.05, 3.63) is 16.9 Å². The van der Waals surface area contributed by atoms with E-state index in [9.17, 15) is 0 Å². The third-order valence-electron chi connectivity index (χ3n) is 3.17. The van der Waals surface area contributed by atoms with E-state index in [2.05, 4.69) is 53.5 Å². The van der Waals surface area contributed by atoms with E-state index < -0.39 is 0 Å². The first-order chi connectivity index (χ1) is 8.91. The van der Waals surface area contributed by atoms with E-state index in [1.165, 1.54) is 12.8 Å². The number of nitrogen functional groups attached to an aromatic ring is 1. The number of nitrogens with zero attached hydrogens (tertiary/aromatic N) is 2. The molecular weight excluding hydrogens is 302 g/mol. The molecule has 0 aliphatic carbocycles. The standard InChI is InChI=1S/C15H26BrN3/c1-11(2)5-7-19(8-6-12(3)4)15-13(16)9-18-10-14(15)17/h9-12H,5-8,17H2,1-4H3. The molecule has 0 radical (unpaired) electrons. The van der Waals surface area contributed by atoms with Gasteiger partial charge in [-0.15, -0.1) is 0 Å². The Kier molecular flexibility index (Phi) is 6.63. The molecule has 19 heavy (non-hydrogen) atoms. The average Bonchev–Trinajstić information content (AvgIpc) is 2.30. The molecule has 0 saturated carbocycles. The summed E-state index contributed by atoms with van der Waals surface area (Å²) in [6.45, 7) is 11.1. The van der Waals surface area contributed by atoms with Crippen molar-refractivity contribution in [3.8, 4) is 0 Å². The fraction of sp³-hybridized carbons (Fsp3) is 0.667. The van der Waals surface area contributed by atoms with Gasteiger partial charge in [-0.2, -0.15) is 0 Å². The molecule has 0 aromatic carbocycles. The van der Waals surface area contributed by atoms with Gasteiger partial charge in [-0.3, -0.25) is 4.98 Å². The highest BCUT2D eigenvalue weighted by atomic mass is 79.9. The van der Waals surface area contributed by atoms with Gasteiger partial charge in [0.15, 0.2) is 0 Å². The van der Waals surface area contributed by atoms with E-state index in [0.29, 0.717) is 11.8 Å². The third kappa shape index (κ3) is 5.39. The Bertz CT molecular complexity index is 359. The number of halogens is 1. The summed E-state index contributed by atoms with van der Waals surface area (Å²) in [5.41, 5.74) is 7.95. The summed E-state index contributed by atoms with van der Waals surface area (Å²) < 4.78 is 0.986. The van der Waals surface area contributed by atoms with E-state index >= 15 is 0 Å². The molecule has 4 heteroatoms. The van der Waals surface area contributed by atoms with Crippen LogP contribution in [-0.4, -0.2) is 18.1 Å². The van der Waals surface area contributed by atoms with Crippen molar-refractivity contribution in [1.82, 2.24) is 4.98 Å². The molecule has 0 fully saturated rings. The van der Waals surface area contributed by atoms with Crippen LogP contribution in [0.2, 0.25) is 0 Å². The van der Waals surface area contributed by atoms with Crippen LogP contribution in [-0.2, 0) is 0 Å². The Labute approximate surface area is 125 Å². The van der Waals surface area contributed by atoms with Crippen LogP contribution >= 0.6 is 15.9 Å². The van der Waals surface area contributed by atoms with E-state index in [0.717, 1.165) is 28.9 Å². The molecule has 0 aliphatic rings. The molecule has 1 heterocycles. The number of rotatable bonds is 7. The number of nitrogens with two attached hydrogens (primary N) is 1. The fourth-order valence-corrected chi connectivity index (χ4v) is 2.54. The largest absolute Gasteiger partial charge is 0.396 e. The number of pyridine rings is 1. The molecule has 0 bridgehead atoms. The second kappa shape index (κ2) is 7.73. The van der Waals surface area contributed by atoms with E-state index in [1.54, 1.807) is 6.20 Å². The minimum atomic E-state index is 0.698. The van der Waals surface area contributed by atoms with Crippen molar-refractivity contribution in [3.63, 3.8) is 0 Å². The number of aromatic nitrogens is 1. The fourth-order valence-electron chi connectivity index (χ4n) is 1.94. The van der Waals surface area contributed by atoms with Gasteiger partial charge >= 0.3 is 0 Å². The molecule has 1 rings (SSSR count). The second-order valence-electron chi connectivity index (χ2n) is 5.91. The Morgan fingerprint density at radius 2 is 1.63 bits per heavy atom. The van der Waals surface area contributed by atoms with E-state index in [4.69, 9.17) is 5.73 Å². The van der Waals surface area contributed by atoms with Crippen molar-refractivity contribution >= 4 is 27.3 Å². The number of anilines is 2. The minimum absolute atomic E-state index is 0.698. The summed E-state index contributed by atoms with van der Waals surface area (Å²) in [6.07, 6.45) is 5.90. The van der Waals surface area contributed by atoms with E-state index in [1.807, 2.05) is 6.20 Å². The second-order valence-corrected chi connectivity index (χ2v) is 6.77. The molecule has 108 valence electrons. The van der Waals surface area contributed by atoms with Gasteiger partial charge in [0.2, 0.25) is 0 Å². The highest BCUT2D eigenvalue weighted by molar-refractivity contribution is 9.10. The van der Waals surface area contributed by atoms with Gasteiger partial charge in [-0.1, -0.05) is 27.7 Å².